The first-order valence-electron chi connectivity index (χ1n) is 6.72. The minimum Gasteiger partial charge on any atom is -0.364 e. The highest BCUT2D eigenvalue weighted by Gasteiger charge is 2.07. The molecular weight excluding hydrogens is 283 g/mol. The van der Waals surface area contributed by atoms with Gasteiger partial charge in [-0.3, -0.25) is 0 Å². The van der Waals surface area contributed by atoms with E-state index >= 15 is 0 Å². The number of nitrogens with zero attached hydrogens (tertiary/aromatic N) is 5. The first kappa shape index (κ1) is 12.6. The maximum atomic E-state index is 13.3. The van der Waals surface area contributed by atoms with Crippen LogP contribution >= 0.6 is 0 Å². The van der Waals surface area contributed by atoms with Crippen LogP contribution in [0.2, 0.25) is 0 Å². The van der Waals surface area contributed by atoms with E-state index in [9.17, 15) is 4.39 Å². The molecule has 0 atom stereocenters. The molecule has 7 heteroatoms. The average molecular weight is 294 g/mol. The maximum Gasteiger partial charge on any atom is 0.213 e. The third-order valence-corrected chi connectivity index (χ3v) is 3.34. The Morgan fingerprint density at radius 1 is 1.18 bits per heavy atom. The number of halogens is 1. The zero-order valence-electron chi connectivity index (χ0n) is 11.4. The highest BCUT2D eigenvalue weighted by molar-refractivity contribution is 5.87. The van der Waals surface area contributed by atoms with Crippen LogP contribution in [-0.4, -0.2) is 24.3 Å². The van der Waals surface area contributed by atoms with Crippen molar-refractivity contribution in [2.24, 2.45) is 0 Å². The molecule has 0 unspecified atom stereocenters. The van der Waals surface area contributed by atoms with E-state index in [1.54, 1.807) is 0 Å². The summed E-state index contributed by atoms with van der Waals surface area (Å²) in [7, 11) is 0. The summed E-state index contributed by atoms with van der Waals surface area (Å²) in [6, 6.07) is 7.14. The molecule has 0 saturated carbocycles. The molecule has 1 N–H and O–H groups in total. The van der Waals surface area contributed by atoms with Gasteiger partial charge in [-0.1, -0.05) is 6.07 Å². The summed E-state index contributed by atoms with van der Waals surface area (Å²) in [6.45, 7) is 0.484. The zero-order chi connectivity index (χ0) is 14.9. The SMILES string of the molecule is Fc1cc2c(NCc3cn4ccccc4n3)ncnc2cn1. The third kappa shape index (κ3) is 2.22. The standard InChI is InChI=1S/C15H11FN6/c16-13-5-11-12(7-17-13)19-9-20-15(11)18-6-10-8-22-4-2-1-3-14(22)21-10/h1-5,7-9H,6H2,(H,18,19,20). The lowest BCUT2D eigenvalue weighted by molar-refractivity contribution is 0.586. The minimum atomic E-state index is -0.557. The molecule has 108 valence electrons. The first-order chi connectivity index (χ1) is 10.8. The van der Waals surface area contributed by atoms with Gasteiger partial charge in [0, 0.05) is 23.8 Å². The van der Waals surface area contributed by atoms with Gasteiger partial charge in [-0.25, -0.2) is 19.9 Å². The van der Waals surface area contributed by atoms with Gasteiger partial charge in [0.2, 0.25) is 5.95 Å². The molecule has 0 aliphatic carbocycles. The number of nitrogens with one attached hydrogen (secondary N) is 1. The summed E-state index contributed by atoms with van der Waals surface area (Å²) < 4.78 is 15.3. The number of pyridine rings is 2. The van der Waals surface area contributed by atoms with Crippen molar-refractivity contribution < 1.29 is 4.39 Å². The summed E-state index contributed by atoms with van der Waals surface area (Å²) in [5.41, 5.74) is 2.34. The number of hydrogen-bond acceptors (Lipinski definition) is 5. The minimum absolute atomic E-state index is 0.484. The summed E-state index contributed by atoms with van der Waals surface area (Å²) in [5.74, 6) is 0.00133. The van der Waals surface area contributed by atoms with Gasteiger partial charge < -0.3 is 9.72 Å². The summed E-state index contributed by atoms with van der Waals surface area (Å²) in [5, 5.41) is 3.77. The van der Waals surface area contributed by atoms with E-state index in [4.69, 9.17) is 0 Å². The Hall–Kier alpha value is -3.09. The lowest BCUT2D eigenvalue weighted by Crippen LogP contribution is -2.03. The van der Waals surface area contributed by atoms with Crippen molar-refractivity contribution in [3.05, 3.63) is 60.8 Å². The molecule has 0 aliphatic heterocycles. The molecule has 22 heavy (non-hydrogen) atoms. The van der Waals surface area contributed by atoms with Crippen LogP contribution in [0.4, 0.5) is 10.2 Å². The number of aromatic nitrogens is 5. The number of anilines is 1. The van der Waals surface area contributed by atoms with Crippen LogP contribution in [0.25, 0.3) is 16.6 Å². The highest BCUT2D eigenvalue weighted by atomic mass is 19.1. The molecule has 4 rings (SSSR count). The Morgan fingerprint density at radius 3 is 3.05 bits per heavy atom. The molecule has 0 aromatic carbocycles. The normalized spacial score (nSPS) is 11.1. The van der Waals surface area contributed by atoms with Crippen molar-refractivity contribution >= 4 is 22.4 Å². The predicted molar refractivity (Wildman–Crippen MR) is 79.8 cm³/mol. The predicted octanol–water partition coefficient (Wildman–Crippen LogP) is 2.42. The monoisotopic (exact) mass is 294 g/mol. The third-order valence-electron chi connectivity index (χ3n) is 3.34. The zero-order valence-corrected chi connectivity index (χ0v) is 11.4. The lowest BCUT2D eigenvalue weighted by Gasteiger charge is -2.06. The van der Waals surface area contributed by atoms with Crippen LogP contribution in [0.15, 0.2) is 49.2 Å². The molecular formula is C15H11FN6. The molecule has 6 nitrogen and oxygen atoms in total. The molecule has 0 fully saturated rings. The molecule has 0 aliphatic rings. The first-order valence-corrected chi connectivity index (χ1v) is 6.72. The van der Waals surface area contributed by atoms with E-state index in [0.717, 1.165) is 11.3 Å². The van der Waals surface area contributed by atoms with Gasteiger partial charge in [0.25, 0.3) is 0 Å². The molecule has 4 aromatic rings. The average Bonchev–Trinajstić information content (AvgIpc) is 2.95. The summed E-state index contributed by atoms with van der Waals surface area (Å²) in [6.07, 6.45) is 6.69. The second-order valence-electron chi connectivity index (χ2n) is 4.80. The van der Waals surface area contributed by atoms with Gasteiger partial charge in [0.1, 0.15) is 17.8 Å². The fourth-order valence-corrected chi connectivity index (χ4v) is 2.32. The van der Waals surface area contributed by atoms with Gasteiger partial charge in [-0.2, -0.15) is 4.39 Å². The van der Waals surface area contributed by atoms with Crippen molar-refractivity contribution in [3.63, 3.8) is 0 Å². The number of hydrogen-bond donors (Lipinski definition) is 1. The van der Waals surface area contributed by atoms with Crippen LogP contribution < -0.4 is 5.32 Å². The molecule has 0 bridgehead atoms. The van der Waals surface area contributed by atoms with Crippen LogP contribution in [0.5, 0.6) is 0 Å². The fourth-order valence-electron chi connectivity index (χ4n) is 2.32. The van der Waals surface area contributed by atoms with E-state index in [0.29, 0.717) is 23.3 Å². The van der Waals surface area contributed by atoms with Gasteiger partial charge >= 0.3 is 0 Å². The lowest BCUT2D eigenvalue weighted by atomic mass is 10.3. The van der Waals surface area contributed by atoms with Crippen molar-refractivity contribution in [2.45, 2.75) is 6.54 Å². The van der Waals surface area contributed by atoms with Gasteiger partial charge in [-0.05, 0) is 12.1 Å². The van der Waals surface area contributed by atoms with Crippen LogP contribution in [0, 0.1) is 5.95 Å². The Kier molecular flexibility index (Phi) is 2.89. The second kappa shape index (κ2) is 5.03. The Bertz CT molecular complexity index is 931. The van der Waals surface area contributed by atoms with Crippen molar-refractivity contribution in [1.29, 1.82) is 0 Å². The second-order valence-corrected chi connectivity index (χ2v) is 4.80. The Labute approximate surface area is 124 Å². The smallest absolute Gasteiger partial charge is 0.213 e. The maximum absolute atomic E-state index is 13.3. The molecule has 0 saturated heterocycles. The van der Waals surface area contributed by atoms with Gasteiger partial charge in [-0.15, -0.1) is 0 Å². The quantitative estimate of drug-likeness (QED) is 0.588. The number of rotatable bonds is 3. The Balaban J connectivity index is 1.64. The molecule has 0 radical (unpaired) electrons. The highest BCUT2D eigenvalue weighted by Crippen LogP contribution is 2.19. The van der Waals surface area contributed by atoms with Crippen molar-refractivity contribution in [3.8, 4) is 0 Å². The molecule has 4 aromatic heterocycles. The molecule has 4 heterocycles. The van der Waals surface area contributed by atoms with E-state index in [-0.39, 0.29) is 0 Å². The van der Waals surface area contributed by atoms with E-state index in [2.05, 4.69) is 25.3 Å². The van der Waals surface area contributed by atoms with Crippen LogP contribution in [0.1, 0.15) is 5.69 Å². The van der Waals surface area contributed by atoms with Gasteiger partial charge in [0.15, 0.2) is 0 Å². The number of imidazole rings is 1. The molecule has 0 amide bonds. The van der Waals surface area contributed by atoms with Crippen molar-refractivity contribution in [1.82, 2.24) is 24.3 Å². The number of fused-ring (bicyclic) bond motifs is 2. The molecule has 0 spiro atoms. The fraction of sp³-hybridized carbons (Fsp3) is 0.0667. The summed E-state index contributed by atoms with van der Waals surface area (Å²) in [4.78, 5) is 16.3. The van der Waals surface area contributed by atoms with Crippen molar-refractivity contribution in [2.75, 3.05) is 5.32 Å². The van der Waals surface area contributed by atoms with Crippen LogP contribution in [0.3, 0.4) is 0 Å². The van der Waals surface area contributed by atoms with E-state index in [1.807, 2.05) is 35.0 Å². The Morgan fingerprint density at radius 2 is 2.14 bits per heavy atom. The van der Waals surface area contributed by atoms with E-state index < -0.39 is 5.95 Å². The topological polar surface area (TPSA) is 68.0 Å². The largest absolute Gasteiger partial charge is 0.364 e. The van der Waals surface area contributed by atoms with Crippen LogP contribution in [-0.2, 0) is 6.54 Å². The van der Waals surface area contributed by atoms with Gasteiger partial charge in [0.05, 0.1) is 24.0 Å². The summed E-state index contributed by atoms with van der Waals surface area (Å²) >= 11 is 0. The van der Waals surface area contributed by atoms with E-state index in [1.165, 1.54) is 18.6 Å².